The van der Waals surface area contributed by atoms with Crippen molar-refractivity contribution in [3.63, 3.8) is 0 Å². The van der Waals surface area contributed by atoms with Gasteiger partial charge in [-0.15, -0.1) is 10.2 Å². The van der Waals surface area contributed by atoms with E-state index in [1.165, 1.54) is 6.07 Å². The van der Waals surface area contributed by atoms with Crippen LogP contribution in [0.1, 0.15) is 0 Å². The largest absolute Gasteiger partial charge is 0.408 e. The molecule has 0 bridgehead atoms. The fourth-order valence-electron chi connectivity index (χ4n) is 1.74. The second-order valence-corrected chi connectivity index (χ2v) is 8.66. The van der Waals surface area contributed by atoms with Crippen LogP contribution in [0.4, 0.5) is 0 Å². The Labute approximate surface area is 136 Å². The summed E-state index contributed by atoms with van der Waals surface area (Å²) in [6, 6.07) is 6.35. The van der Waals surface area contributed by atoms with E-state index in [1.807, 2.05) is 0 Å². The van der Waals surface area contributed by atoms with Crippen LogP contribution in [-0.4, -0.2) is 49.7 Å². The smallest absolute Gasteiger partial charge is 0.335 e. The number of sulfone groups is 2. The van der Waals surface area contributed by atoms with Gasteiger partial charge in [0.2, 0.25) is 31.5 Å². The van der Waals surface area contributed by atoms with Gasteiger partial charge >= 0.3 is 10.4 Å². The number of hydrogen-bond acceptors (Lipinski definition) is 10. The van der Waals surface area contributed by atoms with Crippen LogP contribution in [0.15, 0.2) is 43.5 Å². The molecule has 0 aliphatic carbocycles. The van der Waals surface area contributed by atoms with Crippen LogP contribution >= 0.6 is 0 Å². The van der Waals surface area contributed by atoms with Crippen LogP contribution < -0.4 is 0 Å². The summed E-state index contributed by atoms with van der Waals surface area (Å²) in [4.78, 5) is 0. The highest BCUT2D eigenvalue weighted by Gasteiger charge is 2.20. The molecule has 0 aliphatic heterocycles. The Morgan fingerprint density at radius 2 is 1.17 bits per heavy atom. The summed E-state index contributed by atoms with van der Waals surface area (Å²) in [6.45, 7) is 0. The minimum Gasteiger partial charge on any atom is -0.408 e. The van der Waals surface area contributed by atoms with Gasteiger partial charge in [-0.3, -0.25) is 0 Å². The van der Waals surface area contributed by atoms with Gasteiger partial charge in [0.05, 0.1) is 0 Å². The van der Waals surface area contributed by atoms with Gasteiger partial charge in [0.15, 0.2) is 0 Å². The highest BCUT2D eigenvalue weighted by molar-refractivity contribution is 7.90. The van der Waals surface area contributed by atoms with Crippen molar-refractivity contribution in [2.45, 2.75) is 10.4 Å². The van der Waals surface area contributed by atoms with Crippen molar-refractivity contribution in [3.05, 3.63) is 24.3 Å². The lowest BCUT2D eigenvalue weighted by Gasteiger charge is -1.98. The van der Waals surface area contributed by atoms with Crippen molar-refractivity contribution in [3.8, 4) is 22.9 Å². The average Bonchev–Trinajstić information content (AvgIpc) is 3.16. The summed E-state index contributed by atoms with van der Waals surface area (Å²) in [5.41, 5.74) is 0.822. The fourth-order valence-corrected chi connectivity index (χ4v) is 2.58. The summed E-state index contributed by atoms with van der Waals surface area (Å²) in [5.74, 6) is -0.0275. The molecule has 2 aromatic heterocycles. The second kappa shape index (κ2) is 5.49. The van der Waals surface area contributed by atoms with Gasteiger partial charge in [-0.1, -0.05) is 16.3 Å². The highest BCUT2D eigenvalue weighted by atomic mass is 32.2. The molecule has 2 heterocycles. The number of aromatic nitrogens is 4. The molecule has 0 amide bonds. The molecule has 0 spiro atoms. The van der Waals surface area contributed by atoms with Crippen LogP contribution in [-0.2, 0) is 19.7 Å². The molecule has 0 N–H and O–H groups in total. The molecule has 0 saturated carbocycles. The molecular formula is C12H10N4O6S2. The zero-order valence-electron chi connectivity index (χ0n) is 12.4. The lowest BCUT2D eigenvalue weighted by Crippen LogP contribution is -1.96. The topological polar surface area (TPSA) is 146 Å². The Morgan fingerprint density at radius 3 is 1.50 bits per heavy atom. The minimum absolute atomic E-state index is 0.0138. The third-order valence-electron chi connectivity index (χ3n) is 2.80. The van der Waals surface area contributed by atoms with Crippen LogP contribution in [0.25, 0.3) is 22.9 Å². The van der Waals surface area contributed by atoms with Gasteiger partial charge in [0.1, 0.15) is 0 Å². The first-order valence-corrected chi connectivity index (χ1v) is 10.1. The molecule has 1 aromatic carbocycles. The normalized spacial score (nSPS) is 12.4. The first-order chi connectivity index (χ1) is 11.1. The van der Waals surface area contributed by atoms with Crippen LogP contribution in [0.5, 0.6) is 0 Å². The summed E-state index contributed by atoms with van der Waals surface area (Å²) in [6.07, 6.45) is 1.90. The van der Waals surface area contributed by atoms with Crippen molar-refractivity contribution in [1.29, 1.82) is 0 Å². The molecule has 3 aromatic rings. The van der Waals surface area contributed by atoms with E-state index in [1.54, 1.807) is 18.2 Å². The monoisotopic (exact) mass is 370 g/mol. The van der Waals surface area contributed by atoms with Gasteiger partial charge in [0, 0.05) is 23.6 Å². The Hall–Kier alpha value is -2.60. The number of rotatable bonds is 4. The van der Waals surface area contributed by atoms with Crippen molar-refractivity contribution < 1.29 is 25.7 Å². The molecular weight excluding hydrogens is 360 g/mol. The van der Waals surface area contributed by atoms with Gasteiger partial charge < -0.3 is 8.83 Å². The molecule has 0 saturated heterocycles. The minimum atomic E-state index is -3.61. The maximum Gasteiger partial charge on any atom is 0.335 e. The fraction of sp³-hybridized carbons (Fsp3) is 0.167. The Bertz CT molecular complexity index is 1030. The van der Waals surface area contributed by atoms with Crippen LogP contribution in [0, 0.1) is 0 Å². The van der Waals surface area contributed by atoms with E-state index in [0.717, 1.165) is 12.5 Å². The number of benzene rings is 1. The van der Waals surface area contributed by atoms with E-state index in [9.17, 15) is 16.8 Å². The number of hydrogen-bond donors (Lipinski definition) is 0. The van der Waals surface area contributed by atoms with Crippen molar-refractivity contribution in [2.24, 2.45) is 0 Å². The zero-order chi connectivity index (χ0) is 17.5. The van der Waals surface area contributed by atoms with E-state index in [-0.39, 0.29) is 11.8 Å². The first kappa shape index (κ1) is 16.3. The summed E-state index contributed by atoms with van der Waals surface area (Å²) in [7, 11) is -7.23. The molecule has 0 atom stereocenters. The van der Waals surface area contributed by atoms with E-state index in [0.29, 0.717) is 11.1 Å². The third-order valence-corrected chi connectivity index (χ3v) is 4.40. The molecule has 126 valence electrons. The molecule has 0 radical (unpaired) electrons. The van der Waals surface area contributed by atoms with Crippen molar-refractivity contribution in [2.75, 3.05) is 12.5 Å². The molecule has 0 fully saturated rings. The van der Waals surface area contributed by atoms with Gasteiger partial charge in [-0.2, -0.15) is 0 Å². The third kappa shape index (κ3) is 3.19. The van der Waals surface area contributed by atoms with E-state index < -0.39 is 30.1 Å². The zero-order valence-corrected chi connectivity index (χ0v) is 14.0. The quantitative estimate of drug-likeness (QED) is 0.639. The maximum atomic E-state index is 11.4. The summed E-state index contributed by atoms with van der Waals surface area (Å²) < 4.78 is 55.7. The lowest BCUT2D eigenvalue weighted by atomic mass is 10.1. The Balaban J connectivity index is 2.01. The Kier molecular flexibility index (Phi) is 3.72. The molecule has 0 unspecified atom stereocenters. The summed E-state index contributed by atoms with van der Waals surface area (Å²) in [5, 5.41) is 13.3. The van der Waals surface area contributed by atoms with Gasteiger partial charge in [0.25, 0.3) is 0 Å². The number of nitrogens with zero attached hydrogens (tertiary/aromatic N) is 4. The van der Waals surface area contributed by atoms with Gasteiger partial charge in [-0.25, -0.2) is 16.8 Å². The maximum absolute atomic E-state index is 11.4. The predicted octanol–water partition coefficient (Wildman–Crippen LogP) is 0.594. The van der Waals surface area contributed by atoms with Crippen molar-refractivity contribution in [1.82, 2.24) is 20.4 Å². The van der Waals surface area contributed by atoms with E-state index in [4.69, 9.17) is 8.83 Å². The van der Waals surface area contributed by atoms with Gasteiger partial charge in [-0.05, 0) is 18.2 Å². The highest BCUT2D eigenvalue weighted by Crippen LogP contribution is 2.26. The van der Waals surface area contributed by atoms with Crippen molar-refractivity contribution >= 4 is 19.7 Å². The second-order valence-electron chi connectivity index (χ2n) is 4.87. The SMILES string of the molecule is CS(=O)(=O)c1nnc(-c2cccc(-c3nnc(S(C)(=O)=O)o3)c2)o1. The van der Waals surface area contributed by atoms with E-state index >= 15 is 0 Å². The average molecular weight is 370 g/mol. The molecule has 3 rings (SSSR count). The molecule has 10 nitrogen and oxygen atoms in total. The molecule has 0 aliphatic rings. The summed E-state index contributed by atoms with van der Waals surface area (Å²) >= 11 is 0. The molecule has 12 heteroatoms. The Morgan fingerprint density at radius 1 is 0.750 bits per heavy atom. The predicted molar refractivity (Wildman–Crippen MR) is 79.2 cm³/mol. The lowest BCUT2D eigenvalue weighted by molar-refractivity contribution is 0.441. The standard InChI is InChI=1S/C12H10N4O6S2/c1-23(17,18)11-15-13-9(21-11)7-4-3-5-8(6-7)10-14-16-12(22-10)24(2,19)20/h3-6H,1-2H3. The van der Waals surface area contributed by atoms with Crippen LogP contribution in [0.2, 0.25) is 0 Å². The van der Waals surface area contributed by atoms with Crippen LogP contribution in [0.3, 0.4) is 0 Å². The first-order valence-electron chi connectivity index (χ1n) is 6.32. The molecule has 24 heavy (non-hydrogen) atoms. The van der Waals surface area contributed by atoms with E-state index in [2.05, 4.69) is 20.4 Å².